The number of aliphatic hydroxyl groups excluding tert-OH is 1. The number of thioether (sulfide) groups is 1. The standard InChI is InChI=1S/C11H13NO2S2/c1-8(4-13)15-6-10-7-16-11(12-10)9-2-3-14-5-9/h2-3,5,7-8,13H,4,6H2,1H3/t8-/m0/s1. The van der Waals surface area contributed by atoms with Gasteiger partial charge in [-0.15, -0.1) is 11.3 Å². The molecule has 0 aliphatic heterocycles. The lowest BCUT2D eigenvalue weighted by molar-refractivity contribution is 0.300. The number of aromatic nitrogens is 1. The van der Waals surface area contributed by atoms with E-state index in [1.54, 1.807) is 35.6 Å². The second-order valence-corrected chi connectivity index (χ2v) is 5.75. The highest BCUT2D eigenvalue weighted by Gasteiger charge is 2.07. The summed E-state index contributed by atoms with van der Waals surface area (Å²) in [5.41, 5.74) is 2.09. The Balaban J connectivity index is 1.98. The Bertz CT molecular complexity index is 425. The maximum atomic E-state index is 8.92. The van der Waals surface area contributed by atoms with Crippen LogP contribution in [0.2, 0.25) is 0 Å². The van der Waals surface area contributed by atoms with Crippen LogP contribution in [0, 0.1) is 0 Å². The van der Waals surface area contributed by atoms with Crippen molar-refractivity contribution in [1.29, 1.82) is 0 Å². The number of thiazole rings is 1. The van der Waals surface area contributed by atoms with Crippen LogP contribution < -0.4 is 0 Å². The molecule has 2 heterocycles. The zero-order chi connectivity index (χ0) is 11.4. The average Bonchev–Trinajstić information content (AvgIpc) is 2.95. The van der Waals surface area contributed by atoms with Crippen molar-refractivity contribution in [3.63, 3.8) is 0 Å². The number of hydrogen-bond donors (Lipinski definition) is 1. The van der Waals surface area contributed by atoms with E-state index in [2.05, 4.69) is 10.4 Å². The monoisotopic (exact) mass is 255 g/mol. The topological polar surface area (TPSA) is 46.3 Å². The van der Waals surface area contributed by atoms with Gasteiger partial charge in [0.15, 0.2) is 0 Å². The van der Waals surface area contributed by atoms with Gasteiger partial charge in [-0.1, -0.05) is 6.92 Å². The smallest absolute Gasteiger partial charge is 0.126 e. The normalized spacial score (nSPS) is 12.9. The molecule has 2 rings (SSSR count). The zero-order valence-electron chi connectivity index (χ0n) is 8.92. The predicted octanol–water partition coefficient (Wildman–Crippen LogP) is 3.02. The van der Waals surface area contributed by atoms with Gasteiger partial charge in [0.2, 0.25) is 0 Å². The van der Waals surface area contributed by atoms with E-state index in [9.17, 15) is 0 Å². The van der Waals surface area contributed by atoms with E-state index in [0.717, 1.165) is 22.0 Å². The number of furan rings is 1. The van der Waals surface area contributed by atoms with Gasteiger partial charge in [-0.25, -0.2) is 4.98 Å². The third-order valence-electron chi connectivity index (χ3n) is 2.09. The van der Waals surface area contributed by atoms with Crippen molar-refractivity contribution in [1.82, 2.24) is 4.98 Å². The number of aliphatic hydroxyl groups is 1. The quantitative estimate of drug-likeness (QED) is 0.892. The van der Waals surface area contributed by atoms with Crippen LogP contribution in [0.4, 0.5) is 0 Å². The van der Waals surface area contributed by atoms with Crippen LogP contribution in [0.3, 0.4) is 0 Å². The number of nitrogens with zero attached hydrogens (tertiary/aromatic N) is 1. The molecule has 0 saturated carbocycles. The summed E-state index contributed by atoms with van der Waals surface area (Å²) in [7, 11) is 0. The highest BCUT2D eigenvalue weighted by molar-refractivity contribution is 7.99. The van der Waals surface area contributed by atoms with Gasteiger partial charge in [0.1, 0.15) is 11.3 Å². The molecule has 0 aliphatic rings. The van der Waals surface area contributed by atoms with Crippen LogP contribution >= 0.6 is 23.1 Å². The Morgan fingerprint density at radius 2 is 2.50 bits per heavy atom. The molecule has 1 N–H and O–H groups in total. The van der Waals surface area contributed by atoms with Crippen molar-refractivity contribution in [3.8, 4) is 10.6 Å². The van der Waals surface area contributed by atoms with Gasteiger partial charge in [0.25, 0.3) is 0 Å². The van der Waals surface area contributed by atoms with Gasteiger partial charge in [0.05, 0.1) is 18.6 Å². The molecule has 0 amide bonds. The van der Waals surface area contributed by atoms with Crippen molar-refractivity contribution in [3.05, 3.63) is 29.7 Å². The van der Waals surface area contributed by atoms with E-state index in [-0.39, 0.29) is 11.9 Å². The Morgan fingerprint density at radius 1 is 1.62 bits per heavy atom. The third kappa shape index (κ3) is 2.87. The summed E-state index contributed by atoms with van der Waals surface area (Å²) in [6.07, 6.45) is 3.35. The molecule has 0 spiro atoms. The highest BCUT2D eigenvalue weighted by Crippen LogP contribution is 2.26. The molecule has 0 aromatic carbocycles. The summed E-state index contributed by atoms with van der Waals surface area (Å²) in [5, 5.41) is 12.2. The molecule has 2 aromatic heterocycles. The Labute approximate surface area is 103 Å². The van der Waals surface area contributed by atoms with Gasteiger partial charge in [-0.05, 0) is 6.07 Å². The van der Waals surface area contributed by atoms with E-state index in [1.165, 1.54) is 0 Å². The molecule has 3 nitrogen and oxygen atoms in total. The van der Waals surface area contributed by atoms with Gasteiger partial charge >= 0.3 is 0 Å². The van der Waals surface area contributed by atoms with Gasteiger partial charge in [0, 0.05) is 21.9 Å². The maximum absolute atomic E-state index is 8.92. The van der Waals surface area contributed by atoms with Gasteiger partial charge in [-0.3, -0.25) is 0 Å². The zero-order valence-corrected chi connectivity index (χ0v) is 10.6. The fraction of sp³-hybridized carbons (Fsp3) is 0.364. The Morgan fingerprint density at radius 3 is 3.19 bits per heavy atom. The molecular formula is C11H13NO2S2. The Kier molecular flexibility index (Phi) is 4.04. The first-order chi connectivity index (χ1) is 7.79. The molecule has 0 fully saturated rings. The van der Waals surface area contributed by atoms with Crippen LogP contribution in [0.15, 0.2) is 28.4 Å². The van der Waals surface area contributed by atoms with E-state index >= 15 is 0 Å². The summed E-state index contributed by atoms with van der Waals surface area (Å²) in [6, 6.07) is 1.91. The van der Waals surface area contributed by atoms with Crippen LogP contribution in [0.1, 0.15) is 12.6 Å². The van der Waals surface area contributed by atoms with Crippen LogP contribution in [-0.4, -0.2) is 21.9 Å². The van der Waals surface area contributed by atoms with Gasteiger partial charge in [-0.2, -0.15) is 11.8 Å². The van der Waals surface area contributed by atoms with Gasteiger partial charge < -0.3 is 9.52 Å². The van der Waals surface area contributed by atoms with Crippen molar-refractivity contribution in [2.24, 2.45) is 0 Å². The summed E-state index contributed by atoms with van der Waals surface area (Å²) in [4.78, 5) is 4.52. The minimum atomic E-state index is 0.212. The number of rotatable bonds is 5. The van der Waals surface area contributed by atoms with Crippen LogP contribution in [0.5, 0.6) is 0 Å². The lowest BCUT2D eigenvalue weighted by Gasteiger charge is -2.04. The minimum absolute atomic E-state index is 0.212. The first-order valence-corrected chi connectivity index (χ1v) is 6.92. The minimum Gasteiger partial charge on any atom is -0.472 e. The first-order valence-electron chi connectivity index (χ1n) is 4.99. The molecule has 86 valence electrons. The van der Waals surface area contributed by atoms with Crippen molar-refractivity contribution < 1.29 is 9.52 Å². The third-order valence-corrected chi connectivity index (χ3v) is 4.21. The largest absolute Gasteiger partial charge is 0.472 e. The van der Waals surface area contributed by atoms with Crippen molar-refractivity contribution >= 4 is 23.1 Å². The average molecular weight is 255 g/mol. The fourth-order valence-corrected chi connectivity index (χ4v) is 2.79. The van der Waals surface area contributed by atoms with E-state index in [4.69, 9.17) is 9.52 Å². The lowest BCUT2D eigenvalue weighted by Crippen LogP contribution is -2.02. The molecule has 0 unspecified atom stereocenters. The molecule has 0 bridgehead atoms. The fourth-order valence-electron chi connectivity index (χ4n) is 1.17. The highest BCUT2D eigenvalue weighted by atomic mass is 32.2. The molecular weight excluding hydrogens is 242 g/mol. The first kappa shape index (κ1) is 11.7. The molecule has 16 heavy (non-hydrogen) atoms. The summed E-state index contributed by atoms with van der Waals surface area (Å²) < 4.78 is 5.02. The predicted molar refractivity (Wildman–Crippen MR) is 67.7 cm³/mol. The van der Waals surface area contributed by atoms with E-state index in [0.29, 0.717) is 0 Å². The van der Waals surface area contributed by atoms with E-state index < -0.39 is 0 Å². The van der Waals surface area contributed by atoms with Crippen LogP contribution in [-0.2, 0) is 5.75 Å². The second-order valence-electron chi connectivity index (χ2n) is 3.46. The molecule has 2 aromatic rings. The lowest BCUT2D eigenvalue weighted by atomic mass is 10.4. The Hall–Kier alpha value is -0.780. The molecule has 0 radical (unpaired) electrons. The second kappa shape index (κ2) is 5.52. The summed E-state index contributed by atoms with van der Waals surface area (Å²) in [5.74, 6) is 0.843. The molecule has 0 aliphatic carbocycles. The summed E-state index contributed by atoms with van der Waals surface area (Å²) in [6.45, 7) is 2.22. The molecule has 5 heteroatoms. The van der Waals surface area contributed by atoms with Crippen LogP contribution in [0.25, 0.3) is 10.6 Å². The molecule has 1 atom stereocenters. The molecule has 0 saturated heterocycles. The van der Waals surface area contributed by atoms with Crippen molar-refractivity contribution in [2.75, 3.05) is 6.61 Å². The van der Waals surface area contributed by atoms with Crippen molar-refractivity contribution in [2.45, 2.75) is 17.9 Å². The summed E-state index contributed by atoms with van der Waals surface area (Å²) >= 11 is 3.33. The number of hydrogen-bond acceptors (Lipinski definition) is 5. The SMILES string of the molecule is C[C@@H](CO)SCc1csc(-c2ccoc2)n1. The van der Waals surface area contributed by atoms with E-state index in [1.807, 2.05) is 13.0 Å². The maximum Gasteiger partial charge on any atom is 0.126 e.